The van der Waals surface area contributed by atoms with Crippen LogP contribution in [0.3, 0.4) is 0 Å². The van der Waals surface area contributed by atoms with Crippen molar-refractivity contribution < 1.29 is 23.9 Å². The predicted molar refractivity (Wildman–Crippen MR) is 142 cm³/mol. The molecule has 0 spiro atoms. The van der Waals surface area contributed by atoms with Crippen LogP contribution in [0.5, 0.6) is 5.75 Å². The molecule has 2 aromatic carbocycles. The molecule has 1 aliphatic rings. The third kappa shape index (κ3) is 6.34. The second kappa shape index (κ2) is 12.5. The lowest BCUT2D eigenvalue weighted by atomic mass is 9.78. The van der Waals surface area contributed by atoms with Gasteiger partial charge in [-0.05, 0) is 48.9 Å². The highest BCUT2D eigenvalue weighted by Crippen LogP contribution is 2.44. The van der Waals surface area contributed by atoms with Gasteiger partial charge in [0.1, 0.15) is 5.92 Å². The highest BCUT2D eigenvalue weighted by atomic mass is 79.9. The number of halogens is 3. The van der Waals surface area contributed by atoms with E-state index in [-0.39, 0.29) is 38.1 Å². The Hall–Kier alpha value is -2.71. The Kier molecular flexibility index (Phi) is 9.68. The molecule has 36 heavy (non-hydrogen) atoms. The largest absolute Gasteiger partial charge is 0.491 e. The standard InChI is InChI=1S/C24H20BrCl2N3O5S/c1-3-35-21-16(26)8-12(9-17(21)27)19-15(10-28)23(30-22(32)20(19)24(33)34-2)36-11-18(31)29-14-6-4-13(25)5-7-14/h4-9,19-20H,3,11H2,1-2H3,(H,29,31)(H,30,32)/t19-,20-/m1/s1. The summed E-state index contributed by atoms with van der Waals surface area (Å²) in [5.41, 5.74) is 1.02. The number of carbonyl (C=O) groups excluding carboxylic acids is 3. The second-order valence-corrected chi connectivity index (χ2v) is 10.1. The minimum Gasteiger partial charge on any atom is -0.491 e. The first kappa shape index (κ1) is 27.9. The van der Waals surface area contributed by atoms with E-state index in [9.17, 15) is 19.6 Å². The van der Waals surface area contributed by atoms with E-state index in [1.54, 1.807) is 31.2 Å². The molecule has 0 radical (unpaired) electrons. The summed E-state index contributed by atoms with van der Waals surface area (Å²) in [5, 5.41) is 15.8. The summed E-state index contributed by atoms with van der Waals surface area (Å²) in [5.74, 6) is -4.11. The number of hydrogen-bond acceptors (Lipinski definition) is 7. The van der Waals surface area contributed by atoms with Crippen LogP contribution in [0.1, 0.15) is 18.4 Å². The van der Waals surface area contributed by atoms with Crippen LogP contribution in [0.4, 0.5) is 5.69 Å². The van der Waals surface area contributed by atoms with Gasteiger partial charge in [-0.25, -0.2) is 0 Å². The number of esters is 1. The van der Waals surface area contributed by atoms with E-state index in [1.807, 2.05) is 0 Å². The normalized spacial score (nSPS) is 17.2. The maximum atomic E-state index is 13.0. The molecule has 188 valence electrons. The van der Waals surface area contributed by atoms with Gasteiger partial charge in [0, 0.05) is 16.1 Å². The average Bonchev–Trinajstić information content (AvgIpc) is 2.85. The molecule has 2 amide bonds. The SMILES string of the molecule is CCOc1c(Cl)cc([C@@H]2C(C#N)=C(SCC(=O)Nc3ccc(Br)cc3)NC(=O)[C@@H]2C(=O)OC)cc1Cl. The average molecular weight is 613 g/mol. The van der Waals surface area contributed by atoms with E-state index in [2.05, 4.69) is 32.6 Å². The predicted octanol–water partition coefficient (Wildman–Crippen LogP) is 5.26. The number of nitriles is 1. The van der Waals surface area contributed by atoms with Gasteiger partial charge in [-0.2, -0.15) is 5.26 Å². The van der Waals surface area contributed by atoms with Crippen molar-refractivity contribution >= 4 is 74.4 Å². The summed E-state index contributed by atoms with van der Waals surface area (Å²) in [7, 11) is 1.15. The first-order valence-electron chi connectivity index (χ1n) is 10.5. The molecule has 0 saturated carbocycles. The van der Waals surface area contributed by atoms with Gasteiger partial charge in [0.2, 0.25) is 11.8 Å². The monoisotopic (exact) mass is 611 g/mol. The van der Waals surface area contributed by atoms with Crippen LogP contribution in [0.2, 0.25) is 10.0 Å². The molecule has 2 aromatic rings. The molecule has 0 unspecified atom stereocenters. The number of nitrogens with one attached hydrogen (secondary N) is 2. The molecular formula is C24H20BrCl2N3O5S. The molecule has 2 atom stereocenters. The van der Waals surface area contributed by atoms with E-state index in [0.29, 0.717) is 17.9 Å². The van der Waals surface area contributed by atoms with Gasteiger partial charge < -0.3 is 20.1 Å². The fourth-order valence-electron chi connectivity index (χ4n) is 3.59. The zero-order chi connectivity index (χ0) is 26.4. The van der Waals surface area contributed by atoms with Crippen LogP contribution in [0.25, 0.3) is 0 Å². The fourth-order valence-corrected chi connectivity index (χ4v) is 5.31. The minimum absolute atomic E-state index is 0.0720. The van der Waals surface area contributed by atoms with Crippen LogP contribution >= 0.6 is 50.9 Å². The number of thioether (sulfide) groups is 1. The number of benzene rings is 2. The molecule has 2 N–H and O–H groups in total. The van der Waals surface area contributed by atoms with Gasteiger partial charge in [-0.3, -0.25) is 14.4 Å². The molecule has 0 saturated heterocycles. The summed E-state index contributed by atoms with van der Waals surface area (Å²) in [6.07, 6.45) is 0. The first-order valence-corrected chi connectivity index (χ1v) is 13.1. The molecule has 0 aliphatic carbocycles. The van der Waals surface area contributed by atoms with Crippen molar-refractivity contribution in [1.29, 1.82) is 5.26 Å². The summed E-state index contributed by atoms with van der Waals surface area (Å²) < 4.78 is 11.2. The van der Waals surface area contributed by atoms with Gasteiger partial charge in [0.15, 0.2) is 5.75 Å². The fraction of sp³-hybridized carbons (Fsp3) is 0.250. The van der Waals surface area contributed by atoms with Crippen molar-refractivity contribution in [2.75, 3.05) is 24.8 Å². The van der Waals surface area contributed by atoms with Crippen LogP contribution < -0.4 is 15.4 Å². The van der Waals surface area contributed by atoms with Gasteiger partial charge in [-0.1, -0.05) is 50.9 Å². The minimum atomic E-state index is -1.37. The van der Waals surface area contributed by atoms with Gasteiger partial charge in [0.25, 0.3) is 0 Å². The number of rotatable bonds is 8. The smallest absolute Gasteiger partial charge is 0.319 e. The number of methoxy groups -OCH3 is 1. The third-order valence-corrected chi connectivity index (χ3v) is 7.24. The van der Waals surface area contributed by atoms with Crippen molar-refractivity contribution in [3.05, 3.63) is 67.1 Å². The lowest BCUT2D eigenvalue weighted by Gasteiger charge is -2.31. The lowest BCUT2D eigenvalue weighted by Crippen LogP contribution is -2.44. The molecule has 0 bridgehead atoms. The Bertz CT molecular complexity index is 1240. The van der Waals surface area contributed by atoms with Crippen molar-refractivity contribution in [3.8, 4) is 11.8 Å². The molecule has 3 rings (SSSR count). The van der Waals surface area contributed by atoms with E-state index in [0.717, 1.165) is 23.3 Å². The number of ether oxygens (including phenoxy) is 2. The first-order chi connectivity index (χ1) is 17.2. The zero-order valence-electron chi connectivity index (χ0n) is 19.1. The number of carbonyl (C=O) groups is 3. The lowest BCUT2D eigenvalue weighted by molar-refractivity contribution is -0.150. The summed E-state index contributed by atoms with van der Waals surface area (Å²) >= 11 is 17.0. The maximum Gasteiger partial charge on any atom is 0.319 e. The van der Waals surface area contributed by atoms with Crippen LogP contribution in [-0.2, 0) is 19.1 Å². The third-order valence-electron chi connectivity index (χ3n) is 5.13. The molecule has 8 nitrogen and oxygen atoms in total. The van der Waals surface area contributed by atoms with Gasteiger partial charge in [0.05, 0.1) is 46.2 Å². The van der Waals surface area contributed by atoms with Crippen LogP contribution in [-0.4, -0.2) is 37.3 Å². The van der Waals surface area contributed by atoms with Crippen LogP contribution in [0, 0.1) is 17.2 Å². The van der Waals surface area contributed by atoms with Gasteiger partial charge in [-0.15, -0.1) is 0 Å². The zero-order valence-corrected chi connectivity index (χ0v) is 23.0. The Labute approximate surface area is 230 Å². The van der Waals surface area contributed by atoms with E-state index in [4.69, 9.17) is 32.7 Å². The van der Waals surface area contributed by atoms with E-state index in [1.165, 1.54) is 12.1 Å². The van der Waals surface area contributed by atoms with E-state index >= 15 is 0 Å². The van der Waals surface area contributed by atoms with Crippen molar-refractivity contribution in [1.82, 2.24) is 5.32 Å². The number of hydrogen-bond donors (Lipinski definition) is 2. The number of amides is 2. The molecule has 0 fully saturated rings. The summed E-state index contributed by atoms with van der Waals surface area (Å²) in [6, 6.07) is 12.1. The topological polar surface area (TPSA) is 118 Å². The summed E-state index contributed by atoms with van der Waals surface area (Å²) in [6.45, 7) is 2.09. The second-order valence-electron chi connectivity index (χ2n) is 7.41. The summed E-state index contributed by atoms with van der Waals surface area (Å²) in [4.78, 5) is 38.1. The highest BCUT2D eigenvalue weighted by molar-refractivity contribution is 9.10. The molecule has 12 heteroatoms. The molecule has 1 heterocycles. The highest BCUT2D eigenvalue weighted by Gasteiger charge is 2.44. The Morgan fingerprint density at radius 2 is 1.86 bits per heavy atom. The van der Waals surface area contributed by atoms with Crippen molar-refractivity contribution in [3.63, 3.8) is 0 Å². The van der Waals surface area contributed by atoms with Crippen molar-refractivity contribution in [2.45, 2.75) is 12.8 Å². The number of anilines is 1. The Morgan fingerprint density at radius 1 is 1.22 bits per heavy atom. The molecule has 1 aliphatic heterocycles. The molecular weight excluding hydrogens is 593 g/mol. The Balaban J connectivity index is 1.96. The van der Waals surface area contributed by atoms with Crippen molar-refractivity contribution in [2.24, 2.45) is 5.92 Å². The van der Waals surface area contributed by atoms with Crippen LogP contribution in [0.15, 0.2) is 51.5 Å². The van der Waals surface area contributed by atoms with Gasteiger partial charge >= 0.3 is 5.97 Å². The van der Waals surface area contributed by atoms with E-state index < -0.39 is 23.7 Å². The maximum absolute atomic E-state index is 13.0. The molecule has 0 aromatic heterocycles. The number of nitrogens with zero attached hydrogens (tertiary/aromatic N) is 1. The quantitative estimate of drug-likeness (QED) is 0.308. The number of allylic oxidation sites excluding steroid dienone is 1. The Morgan fingerprint density at radius 3 is 2.42 bits per heavy atom.